The molecule has 1 N–H and O–H groups in total. The van der Waals surface area contributed by atoms with Crippen LogP contribution < -0.4 is 14.8 Å². The van der Waals surface area contributed by atoms with Crippen LogP contribution in [0.3, 0.4) is 0 Å². The summed E-state index contributed by atoms with van der Waals surface area (Å²) in [6.07, 6.45) is 3.41. The van der Waals surface area contributed by atoms with E-state index in [4.69, 9.17) is 19.0 Å². The highest BCUT2D eigenvalue weighted by molar-refractivity contribution is 6.00. The SMILES string of the molecule is CCN(CC)C(CNC(=O)c1cn(-c2ccccc2)nc1-c1cc(OC)ccc1OC)c1ccco1. The predicted molar refractivity (Wildman–Crippen MR) is 139 cm³/mol. The van der Waals surface area contributed by atoms with Crippen LogP contribution in [0.15, 0.2) is 77.5 Å². The highest BCUT2D eigenvalue weighted by Crippen LogP contribution is 2.35. The predicted octanol–water partition coefficient (Wildman–Crippen LogP) is 4.96. The minimum absolute atomic E-state index is 0.0853. The molecule has 0 aliphatic rings. The van der Waals surface area contributed by atoms with Crippen molar-refractivity contribution in [1.82, 2.24) is 20.0 Å². The van der Waals surface area contributed by atoms with Crippen LogP contribution in [0.5, 0.6) is 11.5 Å². The molecule has 0 radical (unpaired) electrons. The highest BCUT2D eigenvalue weighted by Gasteiger charge is 2.25. The minimum Gasteiger partial charge on any atom is -0.497 e. The summed E-state index contributed by atoms with van der Waals surface area (Å²) in [5.74, 6) is 1.82. The van der Waals surface area contributed by atoms with Crippen LogP contribution in [-0.4, -0.2) is 54.4 Å². The molecule has 0 fully saturated rings. The average Bonchev–Trinajstić information content (AvgIpc) is 3.62. The molecule has 1 amide bonds. The normalized spacial score (nSPS) is 11.9. The number of ether oxygens (including phenoxy) is 2. The molecule has 4 rings (SSSR count). The molecular formula is C28H32N4O4. The third kappa shape index (κ3) is 5.28. The van der Waals surface area contributed by atoms with Gasteiger partial charge in [-0.25, -0.2) is 4.68 Å². The zero-order chi connectivity index (χ0) is 25.5. The number of likely N-dealkylation sites (N-methyl/N-ethyl adjacent to an activating group) is 1. The monoisotopic (exact) mass is 488 g/mol. The van der Waals surface area contributed by atoms with Crippen molar-refractivity contribution in [3.05, 3.63) is 84.4 Å². The lowest BCUT2D eigenvalue weighted by atomic mass is 10.1. The van der Waals surface area contributed by atoms with Gasteiger partial charge in [-0.2, -0.15) is 5.10 Å². The molecule has 0 saturated carbocycles. The standard InChI is InChI=1S/C28H32N4O4/c1-5-31(6-2)24(26-13-10-16-36-26)18-29-28(33)23-19-32(20-11-8-7-9-12-20)30-27(23)22-17-21(34-3)14-15-25(22)35-4/h7-17,19,24H,5-6,18H2,1-4H3,(H,29,33). The van der Waals surface area contributed by atoms with Crippen LogP contribution in [-0.2, 0) is 0 Å². The quantitative estimate of drug-likeness (QED) is 0.321. The fraction of sp³-hybridized carbons (Fsp3) is 0.286. The van der Waals surface area contributed by atoms with Crippen molar-refractivity contribution in [1.29, 1.82) is 0 Å². The van der Waals surface area contributed by atoms with Gasteiger partial charge in [-0.1, -0.05) is 32.0 Å². The van der Waals surface area contributed by atoms with Gasteiger partial charge in [0.1, 0.15) is 23.0 Å². The molecule has 4 aromatic rings. The molecule has 8 nitrogen and oxygen atoms in total. The zero-order valence-electron chi connectivity index (χ0n) is 21.1. The number of nitrogens with one attached hydrogen (secondary N) is 1. The number of hydrogen-bond acceptors (Lipinski definition) is 6. The maximum absolute atomic E-state index is 13.6. The Balaban J connectivity index is 1.72. The first kappa shape index (κ1) is 25.1. The number of para-hydroxylation sites is 1. The number of amides is 1. The first-order valence-corrected chi connectivity index (χ1v) is 12.0. The second-order valence-electron chi connectivity index (χ2n) is 8.20. The van der Waals surface area contributed by atoms with Crippen LogP contribution in [0.2, 0.25) is 0 Å². The van der Waals surface area contributed by atoms with Crippen molar-refractivity contribution < 1.29 is 18.7 Å². The summed E-state index contributed by atoms with van der Waals surface area (Å²) in [5, 5.41) is 7.90. The van der Waals surface area contributed by atoms with Gasteiger partial charge in [0.05, 0.1) is 37.8 Å². The number of nitrogens with zero attached hydrogens (tertiary/aromatic N) is 3. The number of furan rings is 1. The topological polar surface area (TPSA) is 81.8 Å². The Morgan fingerprint density at radius 2 is 1.83 bits per heavy atom. The maximum Gasteiger partial charge on any atom is 0.255 e. The molecule has 1 atom stereocenters. The summed E-state index contributed by atoms with van der Waals surface area (Å²) in [7, 11) is 3.20. The molecule has 0 aliphatic carbocycles. The Morgan fingerprint density at radius 3 is 2.47 bits per heavy atom. The van der Waals surface area contributed by atoms with E-state index in [-0.39, 0.29) is 11.9 Å². The number of carbonyl (C=O) groups excluding carboxylic acids is 1. The first-order chi connectivity index (χ1) is 17.6. The number of aromatic nitrogens is 2. The second kappa shape index (κ2) is 11.6. The summed E-state index contributed by atoms with van der Waals surface area (Å²) in [4.78, 5) is 15.9. The molecule has 0 aliphatic heterocycles. The molecule has 0 spiro atoms. The number of hydrogen-bond donors (Lipinski definition) is 1. The van der Waals surface area contributed by atoms with Crippen LogP contribution in [0.4, 0.5) is 0 Å². The largest absolute Gasteiger partial charge is 0.497 e. The van der Waals surface area contributed by atoms with Gasteiger partial charge >= 0.3 is 0 Å². The molecule has 2 aromatic carbocycles. The number of carbonyl (C=O) groups is 1. The summed E-state index contributed by atoms with van der Waals surface area (Å²) >= 11 is 0. The van der Waals surface area contributed by atoms with E-state index in [0.29, 0.717) is 34.9 Å². The molecular weight excluding hydrogens is 456 g/mol. The molecule has 2 heterocycles. The zero-order valence-corrected chi connectivity index (χ0v) is 21.1. The highest BCUT2D eigenvalue weighted by atomic mass is 16.5. The van der Waals surface area contributed by atoms with Crippen molar-refractivity contribution in [2.45, 2.75) is 19.9 Å². The van der Waals surface area contributed by atoms with Crippen LogP contribution in [0.1, 0.15) is 36.0 Å². The van der Waals surface area contributed by atoms with E-state index >= 15 is 0 Å². The molecule has 188 valence electrons. The van der Waals surface area contributed by atoms with Gasteiger partial charge in [0.25, 0.3) is 5.91 Å². The van der Waals surface area contributed by atoms with E-state index < -0.39 is 0 Å². The van der Waals surface area contributed by atoms with E-state index in [0.717, 1.165) is 24.5 Å². The Morgan fingerprint density at radius 1 is 1.06 bits per heavy atom. The van der Waals surface area contributed by atoms with E-state index in [1.165, 1.54) is 0 Å². The smallest absolute Gasteiger partial charge is 0.255 e. The molecule has 2 aromatic heterocycles. The fourth-order valence-electron chi connectivity index (χ4n) is 4.29. The summed E-state index contributed by atoms with van der Waals surface area (Å²) in [6.45, 7) is 6.24. The molecule has 0 saturated heterocycles. The van der Waals surface area contributed by atoms with Crippen molar-refractivity contribution >= 4 is 5.91 Å². The van der Waals surface area contributed by atoms with Crippen LogP contribution in [0, 0.1) is 0 Å². The summed E-state index contributed by atoms with van der Waals surface area (Å²) < 4.78 is 18.4. The Hall–Kier alpha value is -4.04. The minimum atomic E-state index is -0.235. The fourth-order valence-corrected chi connectivity index (χ4v) is 4.29. The molecule has 36 heavy (non-hydrogen) atoms. The van der Waals surface area contributed by atoms with Gasteiger partial charge in [0, 0.05) is 18.3 Å². The Kier molecular flexibility index (Phi) is 8.07. The van der Waals surface area contributed by atoms with Gasteiger partial charge in [-0.15, -0.1) is 0 Å². The lowest BCUT2D eigenvalue weighted by Crippen LogP contribution is -2.38. The molecule has 8 heteroatoms. The van der Waals surface area contributed by atoms with E-state index in [9.17, 15) is 4.79 Å². The van der Waals surface area contributed by atoms with Gasteiger partial charge in [-0.05, 0) is 55.6 Å². The van der Waals surface area contributed by atoms with Crippen molar-refractivity contribution in [2.75, 3.05) is 33.9 Å². The van der Waals surface area contributed by atoms with E-state index in [2.05, 4.69) is 24.1 Å². The second-order valence-corrected chi connectivity index (χ2v) is 8.20. The van der Waals surface area contributed by atoms with Crippen molar-refractivity contribution in [2.24, 2.45) is 0 Å². The Labute approximate surface area is 211 Å². The van der Waals surface area contributed by atoms with Gasteiger partial charge in [0.15, 0.2) is 0 Å². The van der Waals surface area contributed by atoms with Crippen LogP contribution >= 0.6 is 0 Å². The summed E-state index contributed by atoms with van der Waals surface area (Å²) in [5.41, 5.74) is 2.45. The molecule has 1 unspecified atom stereocenters. The van der Waals surface area contributed by atoms with E-state index in [1.807, 2.05) is 60.7 Å². The Bertz CT molecular complexity index is 1260. The van der Waals surface area contributed by atoms with Gasteiger partial charge in [0.2, 0.25) is 0 Å². The number of methoxy groups -OCH3 is 2. The lowest BCUT2D eigenvalue weighted by molar-refractivity contribution is 0.0930. The number of rotatable bonds is 11. The van der Waals surface area contributed by atoms with Gasteiger partial charge < -0.3 is 19.2 Å². The lowest BCUT2D eigenvalue weighted by Gasteiger charge is -2.28. The third-order valence-corrected chi connectivity index (χ3v) is 6.22. The van der Waals surface area contributed by atoms with Crippen LogP contribution in [0.25, 0.3) is 16.9 Å². The van der Waals surface area contributed by atoms with Gasteiger partial charge in [-0.3, -0.25) is 9.69 Å². The van der Waals surface area contributed by atoms with Crippen molar-refractivity contribution in [3.63, 3.8) is 0 Å². The third-order valence-electron chi connectivity index (χ3n) is 6.22. The average molecular weight is 489 g/mol. The van der Waals surface area contributed by atoms with E-state index in [1.54, 1.807) is 31.4 Å². The first-order valence-electron chi connectivity index (χ1n) is 12.0. The summed E-state index contributed by atoms with van der Waals surface area (Å²) in [6, 6.07) is 18.9. The maximum atomic E-state index is 13.6. The number of benzene rings is 2. The van der Waals surface area contributed by atoms with Crippen molar-refractivity contribution in [3.8, 4) is 28.4 Å². The molecule has 0 bridgehead atoms.